The van der Waals surface area contributed by atoms with Crippen LogP contribution in [0.2, 0.25) is 0 Å². The van der Waals surface area contributed by atoms with E-state index in [2.05, 4.69) is 25.4 Å². The molecule has 4 aliphatic heterocycles. The lowest BCUT2D eigenvalue weighted by molar-refractivity contribution is -0.0565. The number of aromatic nitrogens is 6. The summed E-state index contributed by atoms with van der Waals surface area (Å²) in [5, 5.41) is 0.709. The fraction of sp³-hybridized carbons (Fsp3) is 0.500. The Kier molecular flexibility index (Phi) is 7.89. The Bertz CT molecular complexity index is 1960. The molecule has 23 heteroatoms. The summed E-state index contributed by atoms with van der Waals surface area (Å²) in [5.41, 5.74) is 10.9. The van der Waals surface area contributed by atoms with Crippen LogP contribution in [0.1, 0.15) is 18.0 Å². The third-order valence-corrected chi connectivity index (χ3v) is 10.9. The van der Waals surface area contributed by atoms with Crippen LogP contribution in [0.5, 0.6) is 0 Å². The van der Waals surface area contributed by atoms with Gasteiger partial charge in [-0.15, -0.1) is 0 Å². The van der Waals surface area contributed by atoms with Gasteiger partial charge in [0.1, 0.15) is 41.9 Å². The number of nitrogens with one attached hydrogen (secondary N) is 1. The maximum Gasteiger partial charge on any atom is 0.325 e. The number of halogens is 2. The van der Waals surface area contributed by atoms with E-state index >= 15 is 8.78 Å². The van der Waals surface area contributed by atoms with Crippen LogP contribution in [0.25, 0.3) is 22.2 Å². The maximum absolute atomic E-state index is 16.3. The highest BCUT2D eigenvalue weighted by molar-refractivity contribution is 8.07. The number of rotatable bonds is 2. The van der Waals surface area contributed by atoms with E-state index < -0.39 is 76.6 Å². The van der Waals surface area contributed by atoms with Gasteiger partial charge in [0, 0.05) is 24.2 Å². The topological polar surface area (TPSA) is 201 Å². The average molecular weight is 712 g/mol. The number of alkyl halides is 2. The first kappa shape index (κ1) is 31.6. The largest absolute Gasteiger partial charge is 0.382 e. The molecule has 4 N–H and O–H groups in total. The van der Waals surface area contributed by atoms with E-state index in [0.29, 0.717) is 29.7 Å². The SMILES string of the molecule is [B]P1(=O)OC[C@H]2O[C@@H](n3cnc4c(N)ncnc43)C(F)[C@H]2OP(O)(=S)OC[C@H]2O[C@@H](n3cc4c5c(ccnc53)NOCC4)[C@@H](F)C2O1. The van der Waals surface area contributed by atoms with Gasteiger partial charge in [-0.25, -0.2) is 28.7 Å². The Hall–Kier alpha value is -2.68. The van der Waals surface area contributed by atoms with Gasteiger partial charge in [0.05, 0.1) is 31.8 Å². The molecular weight excluding hydrogens is 687 g/mol. The number of imidazole rings is 1. The predicted octanol–water partition coefficient (Wildman–Crippen LogP) is 2.14. The van der Waals surface area contributed by atoms with Crippen molar-refractivity contribution < 1.29 is 50.6 Å². The van der Waals surface area contributed by atoms with Crippen molar-refractivity contribution in [3.63, 3.8) is 0 Å². The van der Waals surface area contributed by atoms with Gasteiger partial charge in [0.15, 0.2) is 36.3 Å². The van der Waals surface area contributed by atoms with Crippen LogP contribution in [0.4, 0.5) is 20.3 Å². The van der Waals surface area contributed by atoms with Crippen LogP contribution in [-0.2, 0) is 55.2 Å². The molecule has 4 unspecified atom stereocenters. The fourth-order valence-electron chi connectivity index (χ4n) is 6.16. The molecule has 0 aliphatic carbocycles. The fourth-order valence-corrected chi connectivity index (χ4v) is 8.60. The molecule has 248 valence electrons. The van der Waals surface area contributed by atoms with Crippen LogP contribution >= 0.6 is 14.2 Å². The lowest BCUT2D eigenvalue weighted by Crippen LogP contribution is -2.37. The number of hydrogen-bond acceptors (Lipinski definition) is 15. The van der Waals surface area contributed by atoms with Gasteiger partial charge in [0.2, 0.25) is 7.57 Å². The quantitative estimate of drug-likeness (QED) is 0.201. The van der Waals surface area contributed by atoms with E-state index in [4.69, 9.17) is 57.5 Å². The Balaban J connectivity index is 1.08. The number of ether oxygens (including phenoxy) is 2. The molecule has 8 rings (SSSR count). The van der Waals surface area contributed by atoms with E-state index in [0.717, 1.165) is 5.56 Å². The molecule has 3 fully saturated rings. The van der Waals surface area contributed by atoms with Crippen LogP contribution < -0.4 is 11.2 Å². The first-order valence-corrected chi connectivity index (χ1v) is 18.5. The van der Waals surface area contributed by atoms with E-state index in [1.165, 1.54) is 28.0 Å². The van der Waals surface area contributed by atoms with Crippen molar-refractivity contribution in [2.75, 3.05) is 31.0 Å². The molecule has 0 amide bonds. The second-order valence-electron chi connectivity index (χ2n) is 11.2. The number of pyridine rings is 1. The molecule has 0 bridgehead atoms. The third-order valence-electron chi connectivity index (χ3n) is 8.26. The number of hydrogen-bond donors (Lipinski definition) is 3. The van der Waals surface area contributed by atoms with Gasteiger partial charge in [-0.2, -0.15) is 0 Å². The number of anilines is 2. The summed E-state index contributed by atoms with van der Waals surface area (Å²) in [4.78, 5) is 32.9. The first-order chi connectivity index (χ1) is 22.5. The van der Waals surface area contributed by atoms with Crippen molar-refractivity contribution in [1.82, 2.24) is 29.1 Å². The van der Waals surface area contributed by atoms with E-state index in [-0.39, 0.29) is 17.0 Å². The summed E-state index contributed by atoms with van der Waals surface area (Å²) >= 11 is 5.21. The zero-order chi connectivity index (χ0) is 32.7. The molecule has 0 spiro atoms. The molecule has 17 nitrogen and oxygen atoms in total. The zero-order valence-electron chi connectivity index (χ0n) is 23.9. The summed E-state index contributed by atoms with van der Waals surface area (Å²) in [7, 11) is 1.36. The lowest BCUT2D eigenvalue weighted by Gasteiger charge is -2.29. The third kappa shape index (κ3) is 5.56. The summed E-state index contributed by atoms with van der Waals surface area (Å²) in [6, 6.07) is 1.72. The molecular formula is C24H25BF2N8O9P2S. The molecule has 4 aromatic heterocycles. The number of nitrogen functional groups attached to an aromatic ring is 1. The van der Waals surface area contributed by atoms with E-state index in [9.17, 15) is 9.46 Å². The van der Waals surface area contributed by atoms with Crippen molar-refractivity contribution >= 4 is 67.3 Å². The minimum absolute atomic E-state index is 0.0575. The number of nitrogens with zero attached hydrogens (tertiary/aromatic N) is 6. The van der Waals surface area contributed by atoms with Crippen molar-refractivity contribution in [1.29, 1.82) is 0 Å². The highest BCUT2D eigenvalue weighted by atomic mass is 32.5. The van der Waals surface area contributed by atoms with E-state index in [1.807, 2.05) is 0 Å². The molecule has 3 saturated heterocycles. The molecule has 10 atom stereocenters. The molecule has 47 heavy (non-hydrogen) atoms. The summed E-state index contributed by atoms with van der Waals surface area (Å²) in [6.07, 6.45) is -6.55. The van der Waals surface area contributed by atoms with Gasteiger partial charge >= 0.3 is 6.72 Å². The summed E-state index contributed by atoms with van der Waals surface area (Å²) < 4.78 is 82.5. The Labute approximate surface area is 270 Å². The van der Waals surface area contributed by atoms with Crippen LogP contribution in [0.15, 0.2) is 31.1 Å². The Morgan fingerprint density at radius 1 is 1.02 bits per heavy atom. The smallest absolute Gasteiger partial charge is 0.325 e. The minimum Gasteiger partial charge on any atom is -0.382 e. The summed E-state index contributed by atoms with van der Waals surface area (Å²) in [6.45, 7) is -5.17. The number of fused-ring (bicyclic) bond motifs is 3. The van der Waals surface area contributed by atoms with Crippen molar-refractivity contribution in [2.45, 2.75) is 55.6 Å². The van der Waals surface area contributed by atoms with Gasteiger partial charge in [-0.05, 0) is 23.4 Å². The minimum atomic E-state index is -4.56. The van der Waals surface area contributed by atoms with Gasteiger partial charge in [-0.1, -0.05) is 0 Å². The second-order valence-corrected chi connectivity index (χ2v) is 15.5. The maximum atomic E-state index is 16.3. The van der Waals surface area contributed by atoms with Gasteiger partial charge in [0.25, 0.3) is 7.47 Å². The zero-order valence-corrected chi connectivity index (χ0v) is 26.5. The monoisotopic (exact) mass is 712 g/mol. The average Bonchev–Trinajstić information content (AvgIpc) is 3.73. The Morgan fingerprint density at radius 3 is 2.53 bits per heavy atom. The molecule has 2 radical (unpaired) electrons. The highest BCUT2D eigenvalue weighted by Crippen LogP contribution is 2.54. The Morgan fingerprint density at radius 2 is 1.74 bits per heavy atom. The van der Waals surface area contributed by atoms with Crippen LogP contribution in [-0.4, -0.2) is 98.1 Å². The van der Waals surface area contributed by atoms with Crippen LogP contribution in [0, 0.1) is 0 Å². The predicted molar refractivity (Wildman–Crippen MR) is 162 cm³/mol. The molecule has 0 saturated carbocycles. The van der Waals surface area contributed by atoms with Crippen molar-refractivity contribution in [3.8, 4) is 0 Å². The van der Waals surface area contributed by atoms with E-state index in [1.54, 1.807) is 12.3 Å². The molecule has 0 aromatic carbocycles. The lowest BCUT2D eigenvalue weighted by atomic mass is 10.1. The second kappa shape index (κ2) is 11.7. The molecule has 4 aliphatic rings. The van der Waals surface area contributed by atoms with Crippen molar-refractivity contribution in [3.05, 3.63) is 36.7 Å². The highest BCUT2D eigenvalue weighted by Gasteiger charge is 2.53. The molecule has 4 aromatic rings. The standard InChI is InChI=1S/C24H25BF2N8O9P2S/c25-45(36)39-6-12-19(16(27)24(42-12)35-9-32-17-20(28)30-8-31-22(17)35)44-46(37,47)40-7-13-18(43-45)15(26)23(41-13)34-5-10-2-4-38-33-11-1-3-29-21(34)14(10)11/h1,3,5,8-9,12-13,15-16,18-19,23-24,33H,2,4,6-7H2,(H,37,47)(H2,28,30,31)/t12-,13-,15+,16?,18?,19+,23-,24-,45?,46?/m1/s1. The molecule has 8 heterocycles. The van der Waals surface area contributed by atoms with Crippen molar-refractivity contribution in [2.24, 2.45) is 0 Å². The van der Waals surface area contributed by atoms with Gasteiger partial charge in [-0.3, -0.25) is 24.0 Å². The summed E-state index contributed by atoms with van der Waals surface area (Å²) in [5.74, 6) is 0.0575. The first-order valence-electron chi connectivity index (χ1n) is 14.3. The van der Waals surface area contributed by atoms with Gasteiger partial charge < -0.3 is 38.2 Å². The normalized spacial score (nSPS) is 37.9. The van der Waals surface area contributed by atoms with Crippen LogP contribution in [0.3, 0.4) is 0 Å². The number of nitrogens with two attached hydrogens (primary N) is 1.